The van der Waals surface area contributed by atoms with E-state index in [-0.39, 0.29) is 24.2 Å². The van der Waals surface area contributed by atoms with Crippen LogP contribution in [0.25, 0.3) is 0 Å². The SMILES string of the molecule is Cc1cccc(C)c1OCCNC(=O)[C@@H]1CCC[C@@H]1CN.Cl. The Labute approximate surface area is 139 Å². The van der Waals surface area contributed by atoms with Gasteiger partial charge in [-0.25, -0.2) is 0 Å². The fraction of sp³-hybridized carbons (Fsp3) is 0.588. The van der Waals surface area contributed by atoms with E-state index in [0.29, 0.717) is 25.6 Å². The van der Waals surface area contributed by atoms with Crippen LogP contribution in [0.1, 0.15) is 30.4 Å². The Morgan fingerprint density at radius 3 is 2.64 bits per heavy atom. The van der Waals surface area contributed by atoms with Gasteiger partial charge in [0.1, 0.15) is 12.4 Å². The third-order valence-electron chi connectivity index (χ3n) is 4.36. The highest BCUT2D eigenvalue weighted by molar-refractivity contribution is 5.85. The fourth-order valence-electron chi connectivity index (χ4n) is 3.15. The van der Waals surface area contributed by atoms with Crippen molar-refractivity contribution in [2.45, 2.75) is 33.1 Å². The first-order valence-electron chi connectivity index (χ1n) is 7.80. The van der Waals surface area contributed by atoms with Crippen molar-refractivity contribution in [2.75, 3.05) is 19.7 Å². The number of carbonyl (C=O) groups is 1. The molecule has 1 aliphatic carbocycles. The second kappa shape index (κ2) is 9.01. The van der Waals surface area contributed by atoms with Crippen LogP contribution in [0.3, 0.4) is 0 Å². The first-order valence-corrected chi connectivity index (χ1v) is 7.80. The third kappa shape index (κ3) is 4.62. The average molecular weight is 327 g/mol. The molecule has 0 radical (unpaired) electrons. The Hall–Kier alpha value is -1.26. The number of benzene rings is 1. The second-order valence-corrected chi connectivity index (χ2v) is 5.89. The summed E-state index contributed by atoms with van der Waals surface area (Å²) in [4.78, 5) is 12.1. The lowest BCUT2D eigenvalue weighted by Gasteiger charge is -2.18. The van der Waals surface area contributed by atoms with Gasteiger partial charge in [0, 0.05) is 5.92 Å². The van der Waals surface area contributed by atoms with E-state index in [9.17, 15) is 4.79 Å². The van der Waals surface area contributed by atoms with E-state index in [1.54, 1.807) is 0 Å². The Bertz CT molecular complexity index is 473. The molecule has 0 heterocycles. The molecule has 0 unspecified atom stereocenters. The van der Waals surface area contributed by atoms with Crippen molar-refractivity contribution in [3.8, 4) is 5.75 Å². The highest BCUT2D eigenvalue weighted by Crippen LogP contribution is 2.30. The molecular formula is C17H27ClN2O2. The van der Waals surface area contributed by atoms with Gasteiger partial charge in [-0.1, -0.05) is 24.6 Å². The number of nitrogens with one attached hydrogen (secondary N) is 1. The van der Waals surface area contributed by atoms with Crippen molar-refractivity contribution in [3.05, 3.63) is 29.3 Å². The van der Waals surface area contributed by atoms with E-state index in [2.05, 4.69) is 5.32 Å². The summed E-state index contributed by atoms with van der Waals surface area (Å²) in [6.07, 6.45) is 3.15. The summed E-state index contributed by atoms with van der Waals surface area (Å²) in [5, 5.41) is 2.98. The highest BCUT2D eigenvalue weighted by Gasteiger charge is 2.31. The van der Waals surface area contributed by atoms with E-state index >= 15 is 0 Å². The summed E-state index contributed by atoms with van der Waals surface area (Å²) in [5.74, 6) is 1.50. The van der Waals surface area contributed by atoms with E-state index in [1.165, 1.54) is 0 Å². The zero-order valence-electron chi connectivity index (χ0n) is 13.4. The molecule has 2 atom stereocenters. The molecule has 2 rings (SSSR count). The molecule has 1 aliphatic rings. The normalized spacial score (nSPS) is 20.3. The van der Waals surface area contributed by atoms with Crippen LogP contribution >= 0.6 is 12.4 Å². The quantitative estimate of drug-likeness (QED) is 0.790. The van der Waals surface area contributed by atoms with Crippen molar-refractivity contribution >= 4 is 18.3 Å². The van der Waals surface area contributed by atoms with Gasteiger partial charge in [-0.05, 0) is 50.3 Å². The number of amides is 1. The van der Waals surface area contributed by atoms with Crippen molar-refractivity contribution in [1.82, 2.24) is 5.32 Å². The molecule has 0 aliphatic heterocycles. The number of carbonyl (C=O) groups excluding carboxylic acids is 1. The van der Waals surface area contributed by atoms with E-state index in [0.717, 1.165) is 36.1 Å². The number of rotatable bonds is 6. The molecule has 0 bridgehead atoms. The summed E-state index contributed by atoms with van der Waals surface area (Å²) in [5.41, 5.74) is 7.97. The van der Waals surface area contributed by atoms with Crippen LogP contribution in [-0.2, 0) is 4.79 Å². The Morgan fingerprint density at radius 1 is 1.32 bits per heavy atom. The van der Waals surface area contributed by atoms with Gasteiger partial charge in [-0.2, -0.15) is 0 Å². The maximum atomic E-state index is 12.1. The Morgan fingerprint density at radius 2 is 2.00 bits per heavy atom. The number of para-hydroxylation sites is 1. The largest absolute Gasteiger partial charge is 0.491 e. The first-order chi connectivity index (χ1) is 10.1. The standard InChI is InChI=1S/C17H26N2O2.ClH/c1-12-5-3-6-13(2)16(12)21-10-9-19-17(20)15-8-4-7-14(15)11-18;/h3,5-6,14-15H,4,7-11,18H2,1-2H3,(H,19,20);1H/t14-,15-;/m1./s1. The van der Waals surface area contributed by atoms with Crippen molar-refractivity contribution in [3.63, 3.8) is 0 Å². The zero-order valence-corrected chi connectivity index (χ0v) is 14.2. The maximum absolute atomic E-state index is 12.1. The number of aryl methyl sites for hydroxylation is 2. The zero-order chi connectivity index (χ0) is 15.2. The van der Waals surface area contributed by atoms with Gasteiger partial charge in [0.2, 0.25) is 5.91 Å². The molecule has 1 aromatic rings. The molecule has 1 saturated carbocycles. The van der Waals surface area contributed by atoms with Crippen LogP contribution in [-0.4, -0.2) is 25.6 Å². The predicted molar refractivity (Wildman–Crippen MR) is 91.6 cm³/mol. The second-order valence-electron chi connectivity index (χ2n) is 5.89. The predicted octanol–water partition coefficient (Wildman–Crippen LogP) is 2.60. The van der Waals surface area contributed by atoms with Gasteiger partial charge in [0.15, 0.2) is 0 Å². The molecule has 5 heteroatoms. The van der Waals surface area contributed by atoms with Gasteiger partial charge in [0.05, 0.1) is 6.54 Å². The molecular weight excluding hydrogens is 300 g/mol. The molecule has 22 heavy (non-hydrogen) atoms. The number of ether oxygens (including phenoxy) is 1. The summed E-state index contributed by atoms with van der Waals surface area (Å²) in [6, 6.07) is 6.09. The van der Waals surface area contributed by atoms with Crippen LogP contribution < -0.4 is 15.8 Å². The maximum Gasteiger partial charge on any atom is 0.223 e. The lowest BCUT2D eigenvalue weighted by Crippen LogP contribution is -2.37. The average Bonchev–Trinajstić information content (AvgIpc) is 2.94. The smallest absolute Gasteiger partial charge is 0.223 e. The monoisotopic (exact) mass is 326 g/mol. The van der Waals surface area contributed by atoms with Crippen molar-refractivity contribution < 1.29 is 9.53 Å². The van der Waals surface area contributed by atoms with Gasteiger partial charge in [-0.15, -0.1) is 12.4 Å². The van der Waals surface area contributed by atoms with Gasteiger partial charge in [-0.3, -0.25) is 4.79 Å². The number of hydrogen-bond acceptors (Lipinski definition) is 3. The summed E-state index contributed by atoms with van der Waals surface area (Å²) < 4.78 is 5.79. The van der Waals surface area contributed by atoms with Crippen LogP contribution in [0, 0.1) is 25.7 Å². The van der Waals surface area contributed by atoms with Crippen molar-refractivity contribution in [1.29, 1.82) is 0 Å². The highest BCUT2D eigenvalue weighted by atomic mass is 35.5. The van der Waals surface area contributed by atoms with Gasteiger partial charge in [0.25, 0.3) is 0 Å². The Balaban J connectivity index is 0.00000242. The van der Waals surface area contributed by atoms with Crippen LogP contribution in [0.5, 0.6) is 5.75 Å². The third-order valence-corrected chi connectivity index (χ3v) is 4.36. The van der Waals surface area contributed by atoms with Crippen molar-refractivity contribution in [2.24, 2.45) is 17.6 Å². The summed E-state index contributed by atoms with van der Waals surface area (Å²) in [7, 11) is 0. The number of hydrogen-bond donors (Lipinski definition) is 2. The first kappa shape index (κ1) is 18.8. The minimum atomic E-state index is 0. The van der Waals surface area contributed by atoms with Crippen LogP contribution in [0.15, 0.2) is 18.2 Å². The Kier molecular flexibility index (Phi) is 7.69. The summed E-state index contributed by atoms with van der Waals surface area (Å²) >= 11 is 0. The minimum absolute atomic E-state index is 0. The molecule has 1 amide bonds. The molecule has 0 aromatic heterocycles. The lowest BCUT2D eigenvalue weighted by atomic mass is 9.95. The summed E-state index contributed by atoms with van der Waals surface area (Å²) in [6.45, 7) is 5.71. The van der Waals surface area contributed by atoms with Crippen LogP contribution in [0.4, 0.5) is 0 Å². The topological polar surface area (TPSA) is 64.3 Å². The molecule has 1 aromatic carbocycles. The lowest BCUT2D eigenvalue weighted by molar-refractivity contribution is -0.126. The van der Waals surface area contributed by atoms with Gasteiger partial charge < -0.3 is 15.8 Å². The fourth-order valence-corrected chi connectivity index (χ4v) is 3.15. The molecule has 3 N–H and O–H groups in total. The minimum Gasteiger partial charge on any atom is -0.491 e. The molecule has 124 valence electrons. The van der Waals surface area contributed by atoms with E-state index in [4.69, 9.17) is 10.5 Å². The van der Waals surface area contributed by atoms with E-state index < -0.39 is 0 Å². The number of halogens is 1. The van der Waals surface area contributed by atoms with Crippen LogP contribution in [0.2, 0.25) is 0 Å². The number of nitrogens with two attached hydrogens (primary N) is 1. The molecule has 0 saturated heterocycles. The van der Waals surface area contributed by atoms with Gasteiger partial charge >= 0.3 is 0 Å². The molecule has 0 spiro atoms. The molecule has 1 fully saturated rings. The van der Waals surface area contributed by atoms with E-state index in [1.807, 2.05) is 32.0 Å². The molecule has 4 nitrogen and oxygen atoms in total.